The molecule has 0 bridgehead atoms. The van der Waals surface area contributed by atoms with E-state index in [1.54, 1.807) is 25.1 Å². The zero-order valence-corrected chi connectivity index (χ0v) is 16.6. The Morgan fingerprint density at radius 1 is 1.10 bits per heavy atom. The van der Waals surface area contributed by atoms with Crippen LogP contribution in [-0.4, -0.2) is 37.6 Å². The summed E-state index contributed by atoms with van der Waals surface area (Å²) >= 11 is 0. The van der Waals surface area contributed by atoms with Gasteiger partial charge in [-0.25, -0.2) is 4.79 Å². The molecule has 0 radical (unpaired) electrons. The molecule has 1 amide bonds. The van der Waals surface area contributed by atoms with E-state index in [1.165, 1.54) is 44.7 Å². The number of methoxy groups -OCH3 is 2. The van der Waals surface area contributed by atoms with Gasteiger partial charge in [0.25, 0.3) is 11.6 Å². The summed E-state index contributed by atoms with van der Waals surface area (Å²) in [5.74, 6) is -0.729. The Balaban J connectivity index is 2.27. The zero-order chi connectivity index (χ0) is 22.1. The zero-order valence-electron chi connectivity index (χ0n) is 16.6. The molecule has 0 fully saturated rings. The third kappa shape index (κ3) is 5.71. The molecule has 2 aromatic rings. The standard InChI is InChI=1S/C20H21N3O7/c1-4-30-20(25)16(12-21-13-5-7-14(8-6-13)23(26)27)19(24)22-17-11-15(28-2)9-10-18(17)29-3/h5-12,21H,4H2,1-3H3,(H,22,24)/b16-12+. The van der Waals surface area contributed by atoms with Gasteiger partial charge in [-0.05, 0) is 31.2 Å². The molecule has 10 heteroatoms. The summed E-state index contributed by atoms with van der Waals surface area (Å²) in [6, 6.07) is 10.3. The number of carbonyl (C=O) groups is 2. The van der Waals surface area contributed by atoms with E-state index in [2.05, 4.69) is 10.6 Å². The van der Waals surface area contributed by atoms with E-state index >= 15 is 0 Å². The third-order valence-electron chi connectivity index (χ3n) is 3.86. The fraction of sp³-hybridized carbons (Fsp3) is 0.200. The van der Waals surface area contributed by atoms with Crippen molar-refractivity contribution in [1.29, 1.82) is 0 Å². The minimum absolute atomic E-state index is 0.0729. The van der Waals surface area contributed by atoms with E-state index in [0.717, 1.165) is 0 Å². The lowest BCUT2D eigenvalue weighted by Crippen LogP contribution is -2.23. The number of hydrogen-bond donors (Lipinski definition) is 2. The lowest BCUT2D eigenvalue weighted by Gasteiger charge is -2.13. The van der Waals surface area contributed by atoms with E-state index in [9.17, 15) is 19.7 Å². The number of benzene rings is 2. The summed E-state index contributed by atoms with van der Waals surface area (Å²) in [4.78, 5) is 35.2. The third-order valence-corrected chi connectivity index (χ3v) is 3.86. The van der Waals surface area contributed by atoms with Crippen LogP contribution in [-0.2, 0) is 14.3 Å². The maximum atomic E-state index is 12.8. The van der Waals surface area contributed by atoms with E-state index in [4.69, 9.17) is 14.2 Å². The van der Waals surface area contributed by atoms with Crippen LogP contribution < -0.4 is 20.1 Å². The Kier molecular flexibility index (Phi) is 7.74. The number of nitrogens with one attached hydrogen (secondary N) is 2. The summed E-state index contributed by atoms with van der Waals surface area (Å²) in [7, 11) is 2.92. The average Bonchev–Trinajstić information content (AvgIpc) is 2.74. The van der Waals surface area contributed by atoms with Crippen LogP contribution >= 0.6 is 0 Å². The number of nitro groups is 1. The molecule has 0 aromatic heterocycles. The smallest absolute Gasteiger partial charge is 0.345 e. The molecule has 2 N–H and O–H groups in total. The number of carbonyl (C=O) groups excluding carboxylic acids is 2. The molecule has 0 spiro atoms. The second-order valence-corrected chi connectivity index (χ2v) is 5.75. The van der Waals surface area contributed by atoms with E-state index in [-0.39, 0.29) is 17.9 Å². The van der Waals surface area contributed by atoms with Crippen LogP contribution in [0.5, 0.6) is 11.5 Å². The maximum absolute atomic E-state index is 12.8. The van der Waals surface area contributed by atoms with Gasteiger partial charge >= 0.3 is 5.97 Å². The Morgan fingerprint density at radius 3 is 2.37 bits per heavy atom. The van der Waals surface area contributed by atoms with Gasteiger partial charge in [-0.2, -0.15) is 0 Å². The van der Waals surface area contributed by atoms with Crippen molar-refractivity contribution in [3.63, 3.8) is 0 Å². The quantitative estimate of drug-likeness (QED) is 0.160. The van der Waals surface area contributed by atoms with Crippen molar-refractivity contribution in [2.24, 2.45) is 0 Å². The summed E-state index contributed by atoms with van der Waals surface area (Å²) < 4.78 is 15.3. The van der Waals surface area contributed by atoms with Gasteiger partial charge in [0.2, 0.25) is 0 Å². The predicted octanol–water partition coefficient (Wildman–Crippen LogP) is 3.11. The van der Waals surface area contributed by atoms with Crippen LogP contribution in [0.4, 0.5) is 17.1 Å². The molecule has 2 rings (SSSR count). The van der Waals surface area contributed by atoms with Gasteiger partial charge < -0.3 is 24.8 Å². The minimum atomic E-state index is -0.841. The molecular formula is C20H21N3O7. The number of esters is 1. The molecule has 2 aromatic carbocycles. The summed E-state index contributed by atoms with van der Waals surface area (Å²) in [6.45, 7) is 1.69. The van der Waals surface area contributed by atoms with Gasteiger partial charge in [-0.3, -0.25) is 14.9 Å². The number of hydrogen-bond acceptors (Lipinski definition) is 8. The maximum Gasteiger partial charge on any atom is 0.345 e. The normalized spacial score (nSPS) is 10.7. The first-order chi connectivity index (χ1) is 14.4. The van der Waals surface area contributed by atoms with Crippen LogP contribution in [0.1, 0.15) is 6.92 Å². The molecule has 0 heterocycles. The number of ether oxygens (including phenoxy) is 3. The first-order valence-corrected chi connectivity index (χ1v) is 8.81. The Labute approximate surface area is 172 Å². The molecule has 0 aliphatic rings. The van der Waals surface area contributed by atoms with E-state index < -0.39 is 16.8 Å². The highest BCUT2D eigenvalue weighted by Crippen LogP contribution is 2.29. The number of rotatable bonds is 9. The van der Waals surface area contributed by atoms with E-state index in [0.29, 0.717) is 22.9 Å². The molecule has 0 saturated carbocycles. The first kappa shape index (κ1) is 22.2. The molecule has 0 aliphatic heterocycles. The number of non-ortho nitro benzene ring substituents is 1. The van der Waals surface area contributed by atoms with Crippen molar-refractivity contribution >= 4 is 28.9 Å². The summed E-state index contributed by atoms with van der Waals surface area (Å²) in [5.41, 5.74) is 0.347. The lowest BCUT2D eigenvalue weighted by atomic mass is 10.2. The van der Waals surface area contributed by atoms with E-state index in [1.807, 2.05) is 0 Å². The predicted molar refractivity (Wildman–Crippen MR) is 110 cm³/mol. The molecular weight excluding hydrogens is 394 g/mol. The van der Waals surface area contributed by atoms with Crippen molar-refractivity contribution in [3.05, 3.63) is 64.4 Å². The van der Waals surface area contributed by atoms with Crippen molar-refractivity contribution in [1.82, 2.24) is 0 Å². The van der Waals surface area contributed by atoms with Gasteiger partial charge in [0.05, 0.1) is 31.4 Å². The Hall–Kier alpha value is -4.08. The number of nitrogens with zero attached hydrogens (tertiary/aromatic N) is 1. The van der Waals surface area contributed by atoms with Crippen molar-refractivity contribution in [3.8, 4) is 11.5 Å². The van der Waals surface area contributed by atoms with Gasteiger partial charge in [0.15, 0.2) is 0 Å². The van der Waals surface area contributed by atoms with Crippen molar-refractivity contribution in [2.75, 3.05) is 31.5 Å². The van der Waals surface area contributed by atoms with Crippen LogP contribution in [0.15, 0.2) is 54.2 Å². The van der Waals surface area contributed by atoms with Gasteiger partial charge in [-0.15, -0.1) is 0 Å². The second-order valence-electron chi connectivity index (χ2n) is 5.75. The number of nitro benzene ring substituents is 1. The van der Waals surface area contributed by atoms with Gasteiger partial charge in [0, 0.05) is 30.1 Å². The monoisotopic (exact) mass is 415 g/mol. The lowest BCUT2D eigenvalue weighted by molar-refractivity contribution is -0.384. The van der Waals surface area contributed by atoms with Crippen LogP contribution in [0.25, 0.3) is 0 Å². The number of amides is 1. The summed E-state index contributed by atoms with van der Waals surface area (Å²) in [6.07, 6.45) is 1.17. The highest BCUT2D eigenvalue weighted by atomic mass is 16.6. The van der Waals surface area contributed by atoms with Crippen LogP contribution in [0, 0.1) is 10.1 Å². The Morgan fingerprint density at radius 2 is 1.80 bits per heavy atom. The fourth-order valence-corrected chi connectivity index (χ4v) is 2.36. The fourth-order valence-electron chi connectivity index (χ4n) is 2.36. The molecule has 30 heavy (non-hydrogen) atoms. The molecule has 10 nitrogen and oxygen atoms in total. The SMILES string of the molecule is CCOC(=O)/C(=C/Nc1ccc([N+](=O)[O-])cc1)C(=O)Nc1cc(OC)ccc1OC. The van der Waals surface area contributed by atoms with Crippen LogP contribution in [0.2, 0.25) is 0 Å². The highest BCUT2D eigenvalue weighted by Gasteiger charge is 2.21. The van der Waals surface area contributed by atoms with Crippen molar-refractivity contribution in [2.45, 2.75) is 6.92 Å². The van der Waals surface area contributed by atoms with Gasteiger partial charge in [-0.1, -0.05) is 0 Å². The van der Waals surface area contributed by atoms with Gasteiger partial charge in [0.1, 0.15) is 17.1 Å². The second kappa shape index (κ2) is 10.5. The molecule has 0 saturated heterocycles. The minimum Gasteiger partial charge on any atom is -0.497 e. The molecule has 0 unspecified atom stereocenters. The largest absolute Gasteiger partial charge is 0.497 e. The Bertz CT molecular complexity index is 955. The molecule has 0 aliphatic carbocycles. The topological polar surface area (TPSA) is 129 Å². The first-order valence-electron chi connectivity index (χ1n) is 8.81. The highest BCUT2D eigenvalue weighted by molar-refractivity contribution is 6.21. The molecule has 0 atom stereocenters. The molecule has 158 valence electrons. The van der Waals surface area contributed by atoms with Crippen LogP contribution in [0.3, 0.4) is 0 Å². The average molecular weight is 415 g/mol. The van der Waals surface area contributed by atoms with Crippen molar-refractivity contribution < 1.29 is 28.7 Å². The number of anilines is 2. The summed E-state index contributed by atoms with van der Waals surface area (Å²) in [5, 5.41) is 16.1.